The molecular weight excluding hydrogens is 369 g/mol. The van der Waals surface area contributed by atoms with E-state index >= 15 is 0 Å². The molecule has 1 N–H and O–H groups in total. The molecule has 0 amide bonds. The molecule has 27 heavy (non-hydrogen) atoms. The van der Waals surface area contributed by atoms with E-state index in [0.717, 1.165) is 29.4 Å². The monoisotopic (exact) mass is 385 g/mol. The van der Waals surface area contributed by atoms with E-state index in [1.807, 2.05) is 10.3 Å². The number of aromatic nitrogens is 2. The minimum absolute atomic E-state index is 0.0557. The molecule has 1 fully saturated rings. The average molecular weight is 385 g/mol. The van der Waals surface area contributed by atoms with Crippen molar-refractivity contribution in [1.29, 1.82) is 0 Å². The zero-order chi connectivity index (χ0) is 18.8. The molecule has 1 atom stereocenters. The summed E-state index contributed by atoms with van der Waals surface area (Å²) in [5.74, 6) is 0.0698. The highest BCUT2D eigenvalue weighted by molar-refractivity contribution is 7.14. The molecule has 3 aromatic rings. The van der Waals surface area contributed by atoms with Gasteiger partial charge in [-0.25, -0.2) is 14.4 Å². The van der Waals surface area contributed by atoms with Crippen molar-refractivity contribution in [2.24, 2.45) is 0 Å². The van der Waals surface area contributed by atoms with Gasteiger partial charge < -0.3 is 10.2 Å². The first kappa shape index (κ1) is 17.3. The molecule has 9 heteroatoms. The number of halogens is 1. The van der Waals surface area contributed by atoms with Crippen molar-refractivity contribution in [3.8, 4) is 11.3 Å². The number of non-ortho nitro benzene ring substituents is 1. The van der Waals surface area contributed by atoms with E-state index in [9.17, 15) is 14.5 Å². The molecule has 1 unspecified atom stereocenters. The Balaban J connectivity index is 1.41. The molecule has 138 valence electrons. The molecule has 3 heterocycles. The first-order valence-electron chi connectivity index (χ1n) is 8.42. The zero-order valence-corrected chi connectivity index (χ0v) is 15.0. The maximum atomic E-state index is 13.9. The fourth-order valence-corrected chi connectivity index (χ4v) is 3.88. The van der Waals surface area contributed by atoms with E-state index < -0.39 is 4.92 Å². The summed E-state index contributed by atoms with van der Waals surface area (Å²) in [6.07, 6.45) is 2.46. The molecule has 2 aromatic heterocycles. The van der Waals surface area contributed by atoms with Crippen molar-refractivity contribution < 1.29 is 9.31 Å². The van der Waals surface area contributed by atoms with Gasteiger partial charge >= 0.3 is 0 Å². The summed E-state index contributed by atoms with van der Waals surface area (Å²) in [6, 6.07) is 9.48. The lowest BCUT2D eigenvalue weighted by atomic mass is 10.1. The van der Waals surface area contributed by atoms with Gasteiger partial charge in [-0.15, -0.1) is 11.3 Å². The van der Waals surface area contributed by atoms with Crippen LogP contribution >= 0.6 is 11.3 Å². The van der Waals surface area contributed by atoms with Gasteiger partial charge in [0, 0.05) is 48.4 Å². The Hall–Kier alpha value is -3.07. The highest BCUT2D eigenvalue weighted by atomic mass is 32.1. The van der Waals surface area contributed by atoms with Gasteiger partial charge in [-0.05, 0) is 30.7 Å². The third-order valence-electron chi connectivity index (χ3n) is 4.43. The van der Waals surface area contributed by atoms with Gasteiger partial charge in [0.2, 0.25) is 0 Å². The Morgan fingerprint density at radius 1 is 1.30 bits per heavy atom. The van der Waals surface area contributed by atoms with E-state index in [4.69, 9.17) is 0 Å². The van der Waals surface area contributed by atoms with E-state index in [0.29, 0.717) is 12.4 Å². The van der Waals surface area contributed by atoms with Gasteiger partial charge in [0.1, 0.15) is 0 Å². The lowest BCUT2D eigenvalue weighted by molar-refractivity contribution is -0.384. The minimum Gasteiger partial charge on any atom is -0.357 e. The van der Waals surface area contributed by atoms with Crippen molar-refractivity contribution in [2.45, 2.75) is 12.5 Å². The topological polar surface area (TPSA) is 84.2 Å². The smallest absolute Gasteiger partial charge is 0.269 e. The molecule has 0 saturated carbocycles. The minimum atomic E-state index is -0.423. The molecule has 0 aliphatic carbocycles. The van der Waals surface area contributed by atoms with Crippen molar-refractivity contribution in [3.05, 3.63) is 63.9 Å². The zero-order valence-electron chi connectivity index (χ0n) is 14.2. The fourth-order valence-electron chi connectivity index (χ4n) is 3.08. The number of hydrogen-bond donors (Lipinski definition) is 1. The number of nitro benzene ring substituents is 1. The fraction of sp³-hybridized carbons (Fsp3) is 0.222. The molecular formula is C18H16FN5O2S. The van der Waals surface area contributed by atoms with Crippen LogP contribution in [0, 0.1) is 15.9 Å². The largest absolute Gasteiger partial charge is 0.357 e. The molecule has 4 rings (SSSR count). The molecule has 1 aromatic carbocycles. The normalized spacial score (nSPS) is 16.5. The lowest BCUT2D eigenvalue weighted by Gasteiger charge is -2.18. The maximum absolute atomic E-state index is 13.9. The van der Waals surface area contributed by atoms with Gasteiger partial charge in [-0.2, -0.15) is 0 Å². The number of nitro groups is 1. The summed E-state index contributed by atoms with van der Waals surface area (Å²) in [4.78, 5) is 20.9. The number of pyridine rings is 1. The van der Waals surface area contributed by atoms with Crippen LogP contribution in [0.2, 0.25) is 0 Å². The van der Waals surface area contributed by atoms with Gasteiger partial charge in [-0.3, -0.25) is 10.1 Å². The Bertz CT molecular complexity index is 962. The van der Waals surface area contributed by atoms with Gasteiger partial charge in [0.25, 0.3) is 5.69 Å². The number of hydrogen-bond acceptors (Lipinski definition) is 7. The second-order valence-corrected chi connectivity index (χ2v) is 7.08. The van der Waals surface area contributed by atoms with Crippen LogP contribution in [0.4, 0.5) is 21.0 Å². The first-order chi connectivity index (χ1) is 13.1. The highest BCUT2D eigenvalue weighted by Crippen LogP contribution is 2.28. The quantitative estimate of drug-likeness (QED) is 0.529. The summed E-state index contributed by atoms with van der Waals surface area (Å²) in [6.45, 7) is 1.38. The lowest BCUT2D eigenvalue weighted by Crippen LogP contribution is -2.27. The Morgan fingerprint density at radius 2 is 2.11 bits per heavy atom. The van der Waals surface area contributed by atoms with Crippen LogP contribution in [0.1, 0.15) is 6.42 Å². The number of thiazole rings is 1. The molecule has 7 nitrogen and oxygen atoms in total. The first-order valence-corrected chi connectivity index (χ1v) is 9.30. The molecule has 0 bridgehead atoms. The average Bonchev–Trinajstić information content (AvgIpc) is 3.32. The van der Waals surface area contributed by atoms with Gasteiger partial charge in [0.05, 0.1) is 10.6 Å². The number of rotatable bonds is 5. The molecule has 0 spiro atoms. The molecule has 1 aliphatic rings. The SMILES string of the molecule is O=[N+]([O-])c1ccc(-c2csc(NC3CCN(c4ncccc4F)C3)n2)cc1. The van der Waals surface area contributed by atoms with Crippen molar-refractivity contribution in [3.63, 3.8) is 0 Å². The molecule has 1 aliphatic heterocycles. The number of anilines is 2. The Labute approximate surface area is 158 Å². The second-order valence-electron chi connectivity index (χ2n) is 6.23. The van der Waals surface area contributed by atoms with Crippen LogP contribution in [0.15, 0.2) is 48.0 Å². The van der Waals surface area contributed by atoms with E-state index in [-0.39, 0.29) is 17.5 Å². The van der Waals surface area contributed by atoms with Crippen LogP contribution in [-0.2, 0) is 0 Å². The second kappa shape index (κ2) is 7.28. The van der Waals surface area contributed by atoms with Crippen molar-refractivity contribution in [1.82, 2.24) is 9.97 Å². The molecule has 1 saturated heterocycles. The third-order valence-corrected chi connectivity index (χ3v) is 5.21. The van der Waals surface area contributed by atoms with Gasteiger partial charge in [0.15, 0.2) is 16.8 Å². The van der Waals surface area contributed by atoms with Crippen LogP contribution in [0.25, 0.3) is 11.3 Å². The van der Waals surface area contributed by atoms with Crippen LogP contribution in [0.5, 0.6) is 0 Å². The van der Waals surface area contributed by atoms with Crippen molar-refractivity contribution in [2.75, 3.05) is 23.3 Å². The number of benzene rings is 1. The van der Waals surface area contributed by atoms with E-state index in [2.05, 4.69) is 15.3 Å². The van der Waals surface area contributed by atoms with Crippen LogP contribution in [-0.4, -0.2) is 34.0 Å². The Morgan fingerprint density at radius 3 is 2.85 bits per heavy atom. The predicted molar refractivity (Wildman–Crippen MR) is 103 cm³/mol. The maximum Gasteiger partial charge on any atom is 0.269 e. The molecule has 0 radical (unpaired) electrons. The summed E-state index contributed by atoms with van der Waals surface area (Å²) in [5.41, 5.74) is 1.65. The summed E-state index contributed by atoms with van der Waals surface area (Å²) in [7, 11) is 0. The standard InChI is InChI=1S/C18H16FN5O2S/c19-15-2-1-8-20-17(15)23-9-7-13(10-23)21-18-22-16(11-27-18)12-3-5-14(6-4-12)24(25)26/h1-6,8,11,13H,7,9-10H2,(H,21,22). The van der Waals surface area contributed by atoms with Crippen LogP contribution in [0.3, 0.4) is 0 Å². The summed E-state index contributed by atoms with van der Waals surface area (Å²) in [5, 5.41) is 16.8. The van der Waals surface area contributed by atoms with Crippen LogP contribution < -0.4 is 10.2 Å². The van der Waals surface area contributed by atoms with E-state index in [1.165, 1.54) is 29.5 Å². The number of nitrogens with zero attached hydrogens (tertiary/aromatic N) is 4. The van der Waals surface area contributed by atoms with Gasteiger partial charge in [-0.1, -0.05) is 0 Å². The highest BCUT2D eigenvalue weighted by Gasteiger charge is 2.25. The van der Waals surface area contributed by atoms with Crippen molar-refractivity contribution >= 4 is 28.0 Å². The third kappa shape index (κ3) is 3.72. The number of nitrogens with one attached hydrogen (secondary N) is 1. The van der Waals surface area contributed by atoms with E-state index in [1.54, 1.807) is 24.4 Å². The summed E-state index contributed by atoms with van der Waals surface area (Å²) < 4.78 is 13.9. The predicted octanol–water partition coefficient (Wildman–Crippen LogP) is 3.94. The Kier molecular flexibility index (Phi) is 4.68. The summed E-state index contributed by atoms with van der Waals surface area (Å²) >= 11 is 1.48.